The molecule has 14 N–H and O–H groups in total. The van der Waals surface area contributed by atoms with E-state index in [1.807, 2.05) is 30.3 Å². The van der Waals surface area contributed by atoms with Gasteiger partial charge < -0.3 is 68.6 Å². The average Bonchev–Trinajstić information content (AvgIpc) is 3.37. The first-order valence-electron chi connectivity index (χ1n) is 24.4. The minimum atomic E-state index is -1.04. The molecule has 0 saturated heterocycles. The highest BCUT2D eigenvalue weighted by molar-refractivity contribution is 5.95. The van der Waals surface area contributed by atoms with E-state index in [2.05, 4.69) is 52.8 Å². The number of urea groups is 1. The van der Waals surface area contributed by atoms with Gasteiger partial charge in [0.15, 0.2) is 5.96 Å². The number of nitrogens with one attached hydrogen (secondary N) is 9. The Balaban J connectivity index is 1.31. The largest absolute Gasteiger partial charge is 0.508 e. The van der Waals surface area contributed by atoms with Crippen molar-refractivity contribution in [3.8, 4) is 11.5 Å². The minimum absolute atomic E-state index is 0.0754. The highest BCUT2D eigenvalue weighted by atomic mass is 16.6. The lowest BCUT2D eigenvalue weighted by molar-refractivity contribution is -0.129. The van der Waals surface area contributed by atoms with Gasteiger partial charge in [0.05, 0.1) is 12.5 Å². The van der Waals surface area contributed by atoms with Gasteiger partial charge in [-0.2, -0.15) is 0 Å². The number of phenols is 1. The van der Waals surface area contributed by atoms with Gasteiger partial charge in [-0.15, -0.1) is 0 Å². The molecule has 0 bridgehead atoms. The molecule has 0 aromatic heterocycles. The van der Waals surface area contributed by atoms with E-state index in [0.29, 0.717) is 49.1 Å². The maximum absolute atomic E-state index is 14.4. The molecule has 0 radical (unpaired) electrons. The van der Waals surface area contributed by atoms with Crippen molar-refractivity contribution in [3.63, 3.8) is 0 Å². The molecular weight excluding hydrogens is 957 g/mol. The predicted molar refractivity (Wildman–Crippen MR) is 280 cm³/mol. The summed E-state index contributed by atoms with van der Waals surface area (Å²) < 4.78 is 11.2. The van der Waals surface area contributed by atoms with Gasteiger partial charge in [0.25, 0.3) is 10.9 Å². The van der Waals surface area contributed by atoms with Crippen molar-refractivity contribution in [2.24, 2.45) is 16.5 Å². The molecule has 3 atom stereocenters. The molecule has 7 amide bonds. The molecule has 74 heavy (non-hydrogen) atoms. The van der Waals surface area contributed by atoms with Gasteiger partial charge in [0, 0.05) is 58.8 Å². The Bertz CT molecular complexity index is 2580. The molecule has 0 fully saturated rings. The summed E-state index contributed by atoms with van der Waals surface area (Å²) in [5.41, 5.74) is 12.0. The van der Waals surface area contributed by atoms with Crippen LogP contribution in [-0.4, -0.2) is 117 Å². The normalized spacial score (nSPS) is 12.5. The monoisotopic (exact) mass is 1030 g/mol. The number of nitrogens with zero attached hydrogens (tertiary/aromatic N) is 1. The van der Waals surface area contributed by atoms with Crippen LogP contribution in [0.15, 0.2) is 93.4 Å². The quantitative estimate of drug-likeness (QED) is 0.0159. The van der Waals surface area contributed by atoms with Crippen molar-refractivity contribution in [3.05, 3.63) is 116 Å². The average molecular weight is 1030 g/mol. The van der Waals surface area contributed by atoms with Gasteiger partial charge in [-0.3, -0.25) is 39.1 Å². The van der Waals surface area contributed by atoms with E-state index in [4.69, 9.17) is 20.9 Å². The van der Waals surface area contributed by atoms with Crippen LogP contribution in [0.1, 0.15) is 82.4 Å². The van der Waals surface area contributed by atoms with Crippen LogP contribution in [0.25, 0.3) is 0 Å². The van der Waals surface area contributed by atoms with E-state index in [9.17, 15) is 43.5 Å². The number of nitrogens with two attached hydrogens (primary N) is 2. The molecule has 0 saturated carbocycles. The van der Waals surface area contributed by atoms with Crippen molar-refractivity contribution in [2.75, 3.05) is 63.1 Å². The molecule has 0 aliphatic rings. The van der Waals surface area contributed by atoms with E-state index < -0.39 is 64.3 Å². The van der Waals surface area contributed by atoms with E-state index in [1.165, 1.54) is 12.1 Å². The van der Waals surface area contributed by atoms with Crippen LogP contribution < -0.4 is 74.9 Å². The maximum Gasteiger partial charge on any atom is 0.407 e. The Morgan fingerprint density at radius 1 is 0.716 bits per heavy atom. The first-order chi connectivity index (χ1) is 35.3. The number of benzene rings is 3. The third-order valence-electron chi connectivity index (χ3n) is 10.8. The molecule has 400 valence electrons. The molecule has 0 aliphatic heterocycles. The van der Waals surface area contributed by atoms with Crippen LogP contribution in [0.2, 0.25) is 0 Å². The number of carbonyl (C=O) groups excluding carboxylic acids is 6. The SMILES string of the molecule is CCC(=O)NCCNC(=O)NC(N)=NCCC[C@@H](NC(=O)C(c1ccccc1)c1cccc(OCCCCNc2c(NCCNC(=O)[C@H](N)CNC(=O)OC(C)(C)C)c(=O)c2=O)c1)C(=O)NCc1ccc(O)cc1. The number of unbranched alkanes of at least 4 members (excludes halogenated alkanes) is 1. The second kappa shape index (κ2) is 30.0. The summed E-state index contributed by atoms with van der Waals surface area (Å²) in [4.78, 5) is 105. The highest BCUT2D eigenvalue weighted by Crippen LogP contribution is 2.28. The van der Waals surface area contributed by atoms with Crippen LogP contribution in [-0.2, 0) is 30.5 Å². The van der Waals surface area contributed by atoms with Gasteiger partial charge in [-0.25, -0.2) is 9.59 Å². The first kappa shape index (κ1) is 58.4. The van der Waals surface area contributed by atoms with Crippen LogP contribution >= 0.6 is 0 Å². The number of hydrogen-bond acceptors (Lipinski definition) is 15. The van der Waals surface area contributed by atoms with Crippen molar-refractivity contribution in [1.82, 2.24) is 37.2 Å². The summed E-state index contributed by atoms with van der Waals surface area (Å²) in [6.45, 7) is 8.22. The number of anilines is 2. The van der Waals surface area contributed by atoms with Crippen molar-refractivity contribution in [1.29, 1.82) is 0 Å². The van der Waals surface area contributed by atoms with Gasteiger partial charge in [-0.05, 0) is 87.4 Å². The molecule has 23 nitrogen and oxygen atoms in total. The fraction of sp³-hybridized carbons (Fsp3) is 0.431. The zero-order valence-electron chi connectivity index (χ0n) is 42.3. The summed E-state index contributed by atoms with van der Waals surface area (Å²) in [6.07, 6.45) is 1.20. The second-order valence-corrected chi connectivity index (χ2v) is 18.0. The number of carbonyl (C=O) groups is 6. The third kappa shape index (κ3) is 20.5. The fourth-order valence-corrected chi connectivity index (χ4v) is 7.04. The number of amides is 7. The Kier molecular flexibility index (Phi) is 23.6. The molecule has 0 spiro atoms. The van der Waals surface area contributed by atoms with E-state index in [1.54, 1.807) is 64.1 Å². The Morgan fingerprint density at radius 2 is 1.38 bits per heavy atom. The first-order valence-corrected chi connectivity index (χ1v) is 24.4. The Hall–Kier alpha value is -8.21. The van der Waals surface area contributed by atoms with Gasteiger partial charge >= 0.3 is 12.1 Å². The lowest BCUT2D eigenvalue weighted by Crippen LogP contribution is -2.49. The predicted octanol–water partition coefficient (Wildman–Crippen LogP) is 1.49. The standard InChI is InChI=1S/C51H70N12O11/c1-5-39(65)54-24-27-59-49(71)63-48(53)58-23-12-17-38(46(69)60-30-32-18-20-35(64)21-19-32)62-47(70)40(33-13-7-6-8-14-33)34-15-11-16-36(29-34)73-28-10-9-22-55-41-42(44(67)43(41)66)56-25-26-57-45(68)37(52)31-61-50(72)74-51(2,3)4/h6-8,11,13-16,18-21,29,37-38,40,55-56,64H,5,9-10,12,17,22-28,30-31,52H2,1-4H3,(H,54,65)(H,57,68)(H,60,69)(H,61,72)(H,62,70)(H4,53,58,59,63,71)/t37-,38-,40?/m1/s1. The van der Waals surface area contributed by atoms with Crippen molar-refractivity contribution in [2.45, 2.75) is 89.9 Å². The summed E-state index contributed by atoms with van der Waals surface area (Å²) in [7, 11) is 0. The van der Waals surface area contributed by atoms with E-state index in [0.717, 1.165) is 5.56 Å². The van der Waals surface area contributed by atoms with Gasteiger partial charge in [-0.1, -0.05) is 61.5 Å². The third-order valence-corrected chi connectivity index (χ3v) is 10.8. The number of rotatable bonds is 29. The van der Waals surface area contributed by atoms with E-state index in [-0.39, 0.29) is 87.8 Å². The van der Waals surface area contributed by atoms with Gasteiger partial charge in [0.2, 0.25) is 23.6 Å². The Labute approximate surface area is 429 Å². The molecule has 4 aromatic rings. The smallest absolute Gasteiger partial charge is 0.407 e. The number of alkyl carbamates (subject to hydrolysis) is 1. The number of ether oxygens (including phenoxy) is 2. The fourth-order valence-electron chi connectivity index (χ4n) is 7.04. The minimum Gasteiger partial charge on any atom is -0.508 e. The van der Waals surface area contributed by atoms with Crippen molar-refractivity contribution < 1.29 is 43.3 Å². The lowest BCUT2D eigenvalue weighted by atomic mass is 9.90. The van der Waals surface area contributed by atoms with Crippen LogP contribution in [0.3, 0.4) is 0 Å². The lowest BCUT2D eigenvalue weighted by Gasteiger charge is -2.23. The molecule has 23 heteroatoms. The molecule has 0 heterocycles. The molecular formula is C51H70N12O11. The van der Waals surface area contributed by atoms with Crippen LogP contribution in [0.4, 0.5) is 21.0 Å². The topological polar surface area (TPSA) is 348 Å². The van der Waals surface area contributed by atoms with E-state index >= 15 is 0 Å². The van der Waals surface area contributed by atoms with Gasteiger partial charge in [0.1, 0.15) is 40.6 Å². The zero-order valence-corrected chi connectivity index (χ0v) is 42.3. The van der Waals surface area contributed by atoms with Crippen molar-refractivity contribution >= 4 is 53.1 Å². The summed E-state index contributed by atoms with van der Waals surface area (Å²) in [6, 6.07) is 19.8. The number of aliphatic imine (C=N–C) groups is 1. The highest BCUT2D eigenvalue weighted by Gasteiger charge is 2.29. The Morgan fingerprint density at radius 3 is 2.07 bits per heavy atom. The number of phenolic OH excluding ortho intramolecular Hbond substituents is 1. The molecule has 4 rings (SSSR count). The zero-order chi connectivity index (χ0) is 54.0. The summed E-state index contributed by atoms with van der Waals surface area (Å²) in [5, 5.41) is 34.1. The molecule has 1 unspecified atom stereocenters. The van der Waals surface area contributed by atoms with Crippen LogP contribution in [0.5, 0.6) is 11.5 Å². The number of aromatic hydroxyl groups is 1. The summed E-state index contributed by atoms with van der Waals surface area (Å²) >= 11 is 0. The van der Waals surface area contributed by atoms with Crippen LogP contribution in [0, 0.1) is 0 Å². The number of guanidine groups is 1. The molecule has 4 aromatic carbocycles. The maximum atomic E-state index is 14.4. The number of hydrogen-bond donors (Lipinski definition) is 12. The summed E-state index contributed by atoms with van der Waals surface area (Å²) in [5.74, 6) is -2.02. The second-order valence-electron chi connectivity index (χ2n) is 18.0. The molecule has 0 aliphatic carbocycles.